The van der Waals surface area contributed by atoms with Gasteiger partial charge in [0.2, 0.25) is 0 Å². The van der Waals surface area contributed by atoms with Gasteiger partial charge >= 0.3 is 0 Å². The van der Waals surface area contributed by atoms with Gasteiger partial charge < -0.3 is 4.98 Å². The molecule has 0 fully saturated rings. The summed E-state index contributed by atoms with van der Waals surface area (Å²) in [5, 5.41) is 2.32. The summed E-state index contributed by atoms with van der Waals surface area (Å²) < 4.78 is 0. The first-order valence-corrected chi connectivity index (χ1v) is 6.54. The fraction of sp³-hybridized carbons (Fsp3) is 0. The molecule has 0 saturated heterocycles. The summed E-state index contributed by atoms with van der Waals surface area (Å²) in [6, 6.07) is 13.3. The molecule has 4 heteroatoms. The summed E-state index contributed by atoms with van der Waals surface area (Å²) in [5.41, 5.74) is 2.83. The van der Waals surface area contributed by atoms with Crippen LogP contribution in [0.2, 0.25) is 10.0 Å². The number of hydrogen-bond donors (Lipinski definition) is 1. The molecule has 19 heavy (non-hydrogen) atoms. The fourth-order valence-electron chi connectivity index (χ4n) is 1.97. The molecule has 0 aliphatic heterocycles. The summed E-state index contributed by atoms with van der Waals surface area (Å²) in [4.78, 5) is 7.62. The predicted molar refractivity (Wildman–Crippen MR) is 82.0 cm³/mol. The Morgan fingerprint density at radius 2 is 1.79 bits per heavy atom. The average Bonchev–Trinajstić information content (AvgIpc) is 2.83. The minimum Gasteiger partial charge on any atom is -0.361 e. The number of aliphatic imine (C=N–C) groups is 1. The van der Waals surface area contributed by atoms with Gasteiger partial charge in [0, 0.05) is 33.4 Å². The minimum atomic E-state index is 0.581. The van der Waals surface area contributed by atoms with Gasteiger partial charge in [-0.3, -0.25) is 4.99 Å². The molecule has 3 aromatic rings. The number of nitrogens with zero attached hydrogens (tertiary/aromatic N) is 1. The largest absolute Gasteiger partial charge is 0.361 e. The Kier molecular flexibility index (Phi) is 3.28. The smallest absolute Gasteiger partial charge is 0.0659 e. The molecule has 0 atom stereocenters. The van der Waals surface area contributed by atoms with Crippen molar-refractivity contribution in [1.29, 1.82) is 0 Å². The number of hydrogen-bond acceptors (Lipinski definition) is 1. The Morgan fingerprint density at radius 3 is 2.58 bits per heavy atom. The van der Waals surface area contributed by atoms with Gasteiger partial charge in [-0.05, 0) is 24.3 Å². The molecule has 1 heterocycles. The lowest BCUT2D eigenvalue weighted by Gasteiger charge is -1.98. The highest BCUT2D eigenvalue weighted by atomic mass is 35.5. The predicted octanol–water partition coefficient (Wildman–Crippen LogP) is 5.23. The monoisotopic (exact) mass is 288 g/mol. The average molecular weight is 289 g/mol. The lowest BCUT2D eigenvalue weighted by atomic mass is 10.1. The van der Waals surface area contributed by atoms with Gasteiger partial charge in [0.15, 0.2) is 0 Å². The highest BCUT2D eigenvalue weighted by Gasteiger charge is 2.00. The topological polar surface area (TPSA) is 28.1 Å². The van der Waals surface area contributed by atoms with Gasteiger partial charge in [-0.1, -0.05) is 41.4 Å². The first kappa shape index (κ1) is 12.3. The molecule has 0 amide bonds. The van der Waals surface area contributed by atoms with Crippen LogP contribution in [0.3, 0.4) is 0 Å². The molecule has 0 bridgehead atoms. The zero-order valence-corrected chi connectivity index (χ0v) is 11.4. The van der Waals surface area contributed by atoms with Gasteiger partial charge in [-0.25, -0.2) is 0 Å². The summed E-state index contributed by atoms with van der Waals surface area (Å²) in [6.07, 6.45) is 3.72. The first-order chi connectivity index (χ1) is 9.22. The highest BCUT2D eigenvalue weighted by molar-refractivity contribution is 6.35. The Bertz CT molecular complexity index is 739. The number of benzene rings is 2. The van der Waals surface area contributed by atoms with Crippen molar-refractivity contribution in [2.75, 3.05) is 0 Å². The van der Waals surface area contributed by atoms with E-state index >= 15 is 0 Å². The zero-order valence-electron chi connectivity index (χ0n) is 9.90. The molecule has 0 aliphatic carbocycles. The second kappa shape index (κ2) is 5.08. The summed E-state index contributed by atoms with van der Waals surface area (Å²) in [5.74, 6) is 0. The lowest BCUT2D eigenvalue weighted by Crippen LogP contribution is -1.82. The second-order valence-electron chi connectivity index (χ2n) is 4.17. The van der Waals surface area contributed by atoms with E-state index in [-0.39, 0.29) is 0 Å². The SMILES string of the molecule is Clc1cc(Cl)cc(/N=C/c2cccc3cc[nH]c23)c1. The zero-order chi connectivity index (χ0) is 13.2. The summed E-state index contributed by atoms with van der Waals surface area (Å²) in [7, 11) is 0. The van der Waals surface area contributed by atoms with Crippen molar-refractivity contribution in [3.05, 3.63) is 64.3 Å². The van der Waals surface area contributed by atoms with Crippen molar-refractivity contribution in [2.24, 2.45) is 4.99 Å². The molecule has 0 saturated carbocycles. The van der Waals surface area contributed by atoms with Crippen molar-refractivity contribution in [1.82, 2.24) is 4.98 Å². The number of aromatic amines is 1. The molecule has 3 rings (SSSR count). The van der Waals surface area contributed by atoms with E-state index in [2.05, 4.69) is 16.0 Å². The van der Waals surface area contributed by atoms with E-state index in [1.165, 1.54) is 0 Å². The van der Waals surface area contributed by atoms with Gasteiger partial charge in [0.05, 0.1) is 11.2 Å². The Balaban J connectivity index is 2.00. The van der Waals surface area contributed by atoms with Crippen LogP contribution in [-0.4, -0.2) is 11.2 Å². The maximum atomic E-state index is 5.94. The Morgan fingerprint density at radius 1 is 1.00 bits per heavy atom. The molecule has 0 aliphatic rings. The van der Waals surface area contributed by atoms with Crippen LogP contribution in [0.4, 0.5) is 5.69 Å². The standard InChI is InChI=1S/C15H10Cl2N2/c16-12-6-13(17)8-14(7-12)19-9-11-3-1-2-10-4-5-18-15(10)11/h1-9,18H/b19-9+. The first-order valence-electron chi connectivity index (χ1n) is 5.79. The summed E-state index contributed by atoms with van der Waals surface area (Å²) in [6.45, 7) is 0. The molecular formula is C15H10Cl2N2. The number of aromatic nitrogens is 1. The van der Waals surface area contributed by atoms with Crippen LogP contribution in [-0.2, 0) is 0 Å². The Labute approximate surface area is 120 Å². The van der Waals surface area contributed by atoms with E-state index in [1.807, 2.05) is 24.4 Å². The molecule has 1 aromatic heterocycles. The fourth-order valence-corrected chi connectivity index (χ4v) is 2.49. The quantitative estimate of drug-likeness (QED) is 0.626. The number of halogens is 2. The van der Waals surface area contributed by atoms with E-state index in [4.69, 9.17) is 23.2 Å². The lowest BCUT2D eigenvalue weighted by molar-refractivity contribution is 1.46. The van der Waals surface area contributed by atoms with Crippen LogP contribution in [0, 0.1) is 0 Å². The molecule has 1 N–H and O–H groups in total. The molecule has 0 radical (unpaired) electrons. The normalized spacial score (nSPS) is 11.5. The number of fused-ring (bicyclic) bond motifs is 1. The van der Waals surface area contributed by atoms with Crippen molar-refractivity contribution in [3.63, 3.8) is 0 Å². The third-order valence-electron chi connectivity index (χ3n) is 2.82. The van der Waals surface area contributed by atoms with Crippen molar-refractivity contribution >= 4 is 46.0 Å². The van der Waals surface area contributed by atoms with E-state index in [0.717, 1.165) is 22.2 Å². The van der Waals surface area contributed by atoms with E-state index in [0.29, 0.717) is 10.0 Å². The molecule has 2 nitrogen and oxygen atoms in total. The number of nitrogens with one attached hydrogen (secondary N) is 1. The van der Waals surface area contributed by atoms with Crippen molar-refractivity contribution < 1.29 is 0 Å². The number of H-pyrrole nitrogens is 1. The van der Waals surface area contributed by atoms with Crippen LogP contribution < -0.4 is 0 Å². The van der Waals surface area contributed by atoms with Gasteiger partial charge in [0.1, 0.15) is 0 Å². The van der Waals surface area contributed by atoms with Crippen LogP contribution in [0.5, 0.6) is 0 Å². The van der Waals surface area contributed by atoms with Crippen LogP contribution in [0.15, 0.2) is 53.7 Å². The van der Waals surface area contributed by atoms with Crippen LogP contribution in [0.25, 0.3) is 10.9 Å². The van der Waals surface area contributed by atoms with Crippen molar-refractivity contribution in [3.8, 4) is 0 Å². The Hall–Kier alpha value is -1.77. The third-order valence-corrected chi connectivity index (χ3v) is 3.26. The highest BCUT2D eigenvalue weighted by Crippen LogP contribution is 2.25. The minimum absolute atomic E-state index is 0.581. The molecule has 94 valence electrons. The van der Waals surface area contributed by atoms with Gasteiger partial charge in [0.25, 0.3) is 0 Å². The number of para-hydroxylation sites is 1. The molecular weight excluding hydrogens is 279 g/mol. The maximum absolute atomic E-state index is 5.94. The van der Waals surface area contributed by atoms with Crippen molar-refractivity contribution in [2.45, 2.75) is 0 Å². The van der Waals surface area contributed by atoms with Crippen LogP contribution in [0.1, 0.15) is 5.56 Å². The maximum Gasteiger partial charge on any atom is 0.0659 e. The molecule has 2 aromatic carbocycles. The van der Waals surface area contributed by atoms with Gasteiger partial charge in [-0.15, -0.1) is 0 Å². The molecule has 0 unspecified atom stereocenters. The van der Waals surface area contributed by atoms with Crippen LogP contribution >= 0.6 is 23.2 Å². The number of rotatable bonds is 2. The second-order valence-corrected chi connectivity index (χ2v) is 5.05. The summed E-state index contributed by atoms with van der Waals surface area (Å²) >= 11 is 11.9. The van der Waals surface area contributed by atoms with E-state index in [1.54, 1.807) is 24.4 Å². The van der Waals surface area contributed by atoms with Gasteiger partial charge in [-0.2, -0.15) is 0 Å². The third kappa shape index (κ3) is 2.65. The van der Waals surface area contributed by atoms with E-state index in [9.17, 15) is 0 Å². The molecule has 0 spiro atoms. The van der Waals surface area contributed by atoms with E-state index < -0.39 is 0 Å².